The molecule has 0 saturated carbocycles. The van der Waals surface area contributed by atoms with Gasteiger partial charge in [0.15, 0.2) is 0 Å². The topological polar surface area (TPSA) is 116 Å². The summed E-state index contributed by atoms with van der Waals surface area (Å²) in [6.45, 7) is 0. The van der Waals surface area contributed by atoms with Gasteiger partial charge in [0.05, 0.1) is 23.7 Å². The lowest BCUT2D eigenvalue weighted by Gasteiger charge is -2.08. The van der Waals surface area contributed by atoms with E-state index in [1.165, 1.54) is 19.2 Å². The number of carboxylic acid groups (broad SMARTS) is 1. The van der Waals surface area contributed by atoms with E-state index in [-0.39, 0.29) is 17.0 Å². The van der Waals surface area contributed by atoms with Crippen LogP contribution >= 0.6 is 0 Å². The number of methoxy groups -OCH3 is 1. The molecule has 0 saturated heterocycles. The fourth-order valence-electron chi connectivity index (χ4n) is 1.20. The third kappa shape index (κ3) is 2.26. The number of ether oxygens (including phenoxy) is 1. The highest BCUT2D eigenvalue weighted by atomic mass is 16.6. The number of nitrogens with zero attached hydrogens (tertiary/aromatic N) is 1. The number of aliphatic carboxylic acids is 1. The molecule has 7 nitrogen and oxygen atoms in total. The molecule has 16 heavy (non-hydrogen) atoms. The van der Waals surface area contributed by atoms with Gasteiger partial charge in [-0.1, -0.05) is 0 Å². The number of hydrogen-bond acceptors (Lipinski definition) is 5. The Labute approximate surface area is 90.6 Å². The number of nitro benzene ring substituents is 1. The molecule has 0 aromatic heterocycles. The van der Waals surface area contributed by atoms with Gasteiger partial charge in [0.1, 0.15) is 11.8 Å². The fourth-order valence-corrected chi connectivity index (χ4v) is 1.20. The van der Waals surface area contributed by atoms with Gasteiger partial charge in [-0.05, 0) is 12.1 Å². The SMILES string of the molecule is COc1ccc(C(N)C(=O)O)c([N+](=O)[O-])c1. The van der Waals surface area contributed by atoms with Crippen molar-refractivity contribution in [2.45, 2.75) is 6.04 Å². The minimum absolute atomic E-state index is 0.0571. The van der Waals surface area contributed by atoms with E-state index in [0.717, 1.165) is 6.07 Å². The number of benzene rings is 1. The first-order chi connectivity index (χ1) is 7.47. The normalized spacial score (nSPS) is 11.9. The zero-order valence-corrected chi connectivity index (χ0v) is 8.41. The second-order valence-electron chi connectivity index (χ2n) is 3.00. The molecule has 0 aliphatic rings. The van der Waals surface area contributed by atoms with Crippen LogP contribution < -0.4 is 10.5 Å². The number of carbonyl (C=O) groups is 1. The van der Waals surface area contributed by atoms with E-state index in [9.17, 15) is 14.9 Å². The van der Waals surface area contributed by atoms with Crippen LogP contribution in [0, 0.1) is 10.1 Å². The van der Waals surface area contributed by atoms with Crippen LogP contribution in [-0.2, 0) is 4.79 Å². The highest BCUT2D eigenvalue weighted by molar-refractivity contribution is 5.77. The van der Waals surface area contributed by atoms with Crippen LogP contribution in [0.4, 0.5) is 5.69 Å². The second-order valence-corrected chi connectivity index (χ2v) is 3.00. The zero-order valence-electron chi connectivity index (χ0n) is 8.41. The molecule has 3 N–H and O–H groups in total. The molecule has 7 heteroatoms. The third-order valence-electron chi connectivity index (χ3n) is 2.04. The lowest BCUT2D eigenvalue weighted by Crippen LogP contribution is -2.21. The summed E-state index contributed by atoms with van der Waals surface area (Å²) < 4.78 is 4.81. The summed E-state index contributed by atoms with van der Waals surface area (Å²) in [6.07, 6.45) is 0. The summed E-state index contributed by atoms with van der Waals surface area (Å²) >= 11 is 0. The van der Waals surface area contributed by atoms with E-state index in [1.54, 1.807) is 0 Å². The van der Waals surface area contributed by atoms with E-state index < -0.39 is 16.9 Å². The maximum absolute atomic E-state index is 10.7. The molecule has 86 valence electrons. The van der Waals surface area contributed by atoms with Gasteiger partial charge in [0.2, 0.25) is 0 Å². The Hall–Kier alpha value is -2.15. The molecule has 0 heterocycles. The molecule has 1 unspecified atom stereocenters. The first-order valence-corrected chi connectivity index (χ1v) is 4.28. The Morgan fingerprint density at radius 1 is 1.62 bits per heavy atom. The van der Waals surface area contributed by atoms with Crippen molar-refractivity contribution in [1.29, 1.82) is 0 Å². The van der Waals surface area contributed by atoms with Gasteiger partial charge in [-0.25, -0.2) is 0 Å². The first kappa shape index (κ1) is 11.9. The first-order valence-electron chi connectivity index (χ1n) is 4.28. The summed E-state index contributed by atoms with van der Waals surface area (Å²) in [5, 5.41) is 19.4. The van der Waals surface area contributed by atoms with Gasteiger partial charge in [0.25, 0.3) is 5.69 Å². The Bertz CT molecular complexity index is 432. The molecule has 0 aliphatic carbocycles. The van der Waals surface area contributed by atoms with Crippen molar-refractivity contribution < 1.29 is 19.6 Å². The lowest BCUT2D eigenvalue weighted by molar-refractivity contribution is -0.385. The third-order valence-corrected chi connectivity index (χ3v) is 2.04. The van der Waals surface area contributed by atoms with Crippen LogP contribution in [0.1, 0.15) is 11.6 Å². The maximum Gasteiger partial charge on any atom is 0.325 e. The van der Waals surface area contributed by atoms with Gasteiger partial charge >= 0.3 is 5.97 Å². The van der Waals surface area contributed by atoms with Gasteiger partial charge in [-0.3, -0.25) is 14.9 Å². The predicted octanol–water partition coefficient (Wildman–Crippen LogP) is 0.688. The van der Waals surface area contributed by atoms with Crippen LogP contribution in [-0.4, -0.2) is 23.1 Å². The molecule has 0 amide bonds. The number of nitrogens with two attached hydrogens (primary N) is 1. The standard InChI is InChI=1S/C9H10N2O5/c1-16-5-2-3-6(8(10)9(12)13)7(4-5)11(14)15/h2-4,8H,10H2,1H3,(H,12,13). The van der Waals surface area contributed by atoms with Gasteiger partial charge in [-0.15, -0.1) is 0 Å². The molecule has 0 radical (unpaired) electrons. The van der Waals surface area contributed by atoms with Gasteiger partial charge in [-0.2, -0.15) is 0 Å². The van der Waals surface area contributed by atoms with Gasteiger partial charge < -0.3 is 15.6 Å². The highest BCUT2D eigenvalue weighted by Gasteiger charge is 2.24. The number of carboxylic acids is 1. The van der Waals surface area contributed by atoms with Crippen molar-refractivity contribution in [1.82, 2.24) is 0 Å². The largest absolute Gasteiger partial charge is 0.497 e. The zero-order chi connectivity index (χ0) is 12.3. The minimum Gasteiger partial charge on any atom is -0.497 e. The lowest BCUT2D eigenvalue weighted by atomic mass is 10.1. The molecule has 1 aromatic carbocycles. The summed E-state index contributed by atoms with van der Waals surface area (Å²) in [7, 11) is 1.36. The van der Waals surface area contributed by atoms with Crippen LogP contribution in [0.3, 0.4) is 0 Å². The number of hydrogen-bond donors (Lipinski definition) is 2. The average molecular weight is 226 g/mol. The highest BCUT2D eigenvalue weighted by Crippen LogP contribution is 2.28. The van der Waals surface area contributed by atoms with E-state index in [1.807, 2.05) is 0 Å². The van der Waals surface area contributed by atoms with Gasteiger partial charge in [0, 0.05) is 0 Å². The van der Waals surface area contributed by atoms with Crippen LogP contribution in [0.2, 0.25) is 0 Å². The quantitative estimate of drug-likeness (QED) is 0.576. The molecular formula is C9H10N2O5. The van der Waals surface area contributed by atoms with Crippen LogP contribution in [0.25, 0.3) is 0 Å². The number of nitro groups is 1. The van der Waals surface area contributed by atoms with Crippen LogP contribution in [0.15, 0.2) is 18.2 Å². The van der Waals surface area contributed by atoms with Crippen molar-refractivity contribution in [3.63, 3.8) is 0 Å². The predicted molar refractivity (Wildman–Crippen MR) is 54.2 cm³/mol. The van der Waals surface area contributed by atoms with E-state index in [2.05, 4.69) is 0 Å². The fraction of sp³-hybridized carbons (Fsp3) is 0.222. The van der Waals surface area contributed by atoms with Crippen molar-refractivity contribution in [3.05, 3.63) is 33.9 Å². The van der Waals surface area contributed by atoms with E-state index in [0.29, 0.717) is 0 Å². The molecule has 0 fully saturated rings. The molecule has 1 aromatic rings. The molecular weight excluding hydrogens is 216 g/mol. The summed E-state index contributed by atoms with van der Waals surface area (Å²) in [5.41, 5.74) is 4.90. The second kappa shape index (κ2) is 4.58. The molecule has 0 aliphatic heterocycles. The molecule has 1 atom stereocenters. The molecule has 0 bridgehead atoms. The Morgan fingerprint density at radius 2 is 2.25 bits per heavy atom. The van der Waals surface area contributed by atoms with Crippen molar-refractivity contribution >= 4 is 11.7 Å². The molecule has 1 rings (SSSR count). The Kier molecular flexibility index (Phi) is 3.41. The maximum atomic E-state index is 10.7. The van der Waals surface area contributed by atoms with Crippen molar-refractivity contribution in [3.8, 4) is 5.75 Å². The summed E-state index contributed by atoms with van der Waals surface area (Å²) in [5.74, 6) is -1.05. The van der Waals surface area contributed by atoms with Crippen molar-refractivity contribution in [2.75, 3.05) is 7.11 Å². The summed E-state index contributed by atoms with van der Waals surface area (Å²) in [4.78, 5) is 20.7. The smallest absolute Gasteiger partial charge is 0.325 e. The van der Waals surface area contributed by atoms with Crippen molar-refractivity contribution in [2.24, 2.45) is 5.73 Å². The average Bonchev–Trinajstić information content (AvgIpc) is 2.26. The Balaban J connectivity index is 3.28. The monoisotopic (exact) mass is 226 g/mol. The number of rotatable bonds is 4. The van der Waals surface area contributed by atoms with Crippen LogP contribution in [0.5, 0.6) is 5.75 Å². The van der Waals surface area contributed by atoms with E-state index >= 15 is 0 Å². The minimum atomic E-state index is -1.42. The van der Waals surface area contributed by atoms with E-state index in [4.69, 9.17) is 15.6 Å². The summed E-state index contributed by atoms with van der Waals surface area (Å²) in [6, 6.07) is 2.41. The molecule has 0 spiro atoms. The Morgan fingerprint density at radius 3 is 2.69 bits per heavy atom.